The van der Waals surface area contributed by atoms with Crippen molar-refractivity contribution in [1.82, 2.24) is 0 Å². The normalized spacial score (nSPS) is 21.1. The molecule has 4 heteroatoms. The van der Waals surface area contributed by atoms with Gasteiger partial charge in [-0.2, -0.15) is 0 Å². The molecule has 0 aromatic heterocycles. The number of carbonyl (C=O) groups is 2. The average Bonchev–Trinajstić information content (AvgIpc) is 2.45. The lowest BCUT2D eigenvalue weighted by Gasteiger charge is -2.03. The minimum absolute atomic E-state index is 0.00227. The number of cyclic esters (lactones) is 2. The summed E-state index contributed by atoms with van der Waals surface area (Å²) in [4.78, 5) is 21.9. The topological polar surface area (TPSA) is 43.4 Å². The van der Waals surface area contributed by atoms with Gasteiger partial charge in [-0.1, -0.05) is 12.1 Å². The van der Waals surface area contributed by atoms with Crippen LogP contribution in [-0.4, -0.2) is 11.9 Å². The van der Waals surface area contributed by atoms with Crippen molar-refractivity contribution >= 4 is 11.9 Å². The Morgan fingerprint density at radius 1 is 1.36 bits per heavy atom. The SMILES string of the molecule is O=C1C[C@@H](c2cccc(F)c2)C(=O)O1. The third-order valence-corrected chi connectivity index (χ3v) is 2.12. The van der Waals surface area contributed by atoms with Crippen LogP contribution in [0, 0.1) is 5.82 Å². The van der Waals surface area contributed by atoms with Crippen LogP contribution in [-0.2, 0) is 14.3 Å². The van der Waals surface area contributed by atoms with Gasteiger partial charge in [0, 0.05) is 0 Å². The first-order valence-electron chi connectivity index (χ1n) is 4.17. The quantitative estimate of drug-likeness (QED) is 0.501. The molecule has 0 amide bonds. The van der Waals surface area contributed by atoms with Gasteiger partial charge in [0.1, 0.15) is 5.82 Å². The number of ether oxygens (including phenoxy) is 1. The standard InChI is InChI=1S/C10H7FO3/c11-7-3-1-2-6(4-7)8-5-9(12)14-10(8)13/h1-4,8H,5H2/t8-/m0/s1. The Bertz CT molecular complexity index is 400. The molecule has 3 nitrogen and oxygen atoms in total. The predicted molar refractivity (Wildman–Crippen MR) is 44.9 cm³/mol. The van der Waals surface area contributed by atoms with E-state index in [1.54, 1.807) is 6.07 Å². The van der Waals surface area contributed by atoms with Gasteiger partial charge in [-0.25, -0.2) is 4.39 Å². The highest BCUT2D eigenvalue weighted by molar-refractivity contribution is 5.97. The van der Waals surface area contributed by atoms with Crippen LogP contribution in [0.25, 0.3) is 0 Å². The first-order valence-corrected chi connectivity index (χ1v) is 4.17. The summed E-state index contributed by atoms with van der Waals surface area (Å²) in [6.45, 7) is 0. The van der Waals surface area contributed by atoms with E-state index in [-0.39, 0.29) is 6.42 Å². The Morgan fingerprint density at radius 3 is 2.71 bits per heavy atom. The molecule has 0 N–H and O–H groups in total. The van der Waals surface area contributed by atoms with Crippen LogP contribution in [0.5, 0.6) is 0 Å². The van der Waals surface area contributed by atoms with E-state index in [4.69, 9.17) is 0 Å². The predicted octanol–water partition coefficient (Wildman–Crippen LogP) is 1.38. The van der Waals surface area contributed by atoms with Gasteiger partial charge in [0.2, 0.25) is 0 Å². The largest absolute Gasteiger partial charge is 0.393 e. The van der Waals surface area contributed by atoms with Crippen LogP contribution in [0.15, 0.2) is 24.3 Å². The molecule has 72 valence electrons. The van der Waals surface area contributed by atoms with Gasteiger partial charge in [0.25, 0.3) is 0 Å². The Kier molecular flexibility index (Phi) is 2.04. The van der Waals surface area contributed by atoms with E-state index < -0.39 is 23.7 Å². The average molecular weight is 194 g/mol. The Labute approximate surface area is 79.5 Å². The number of hydrogen-bond donors (Lipinski definition) is 0. The van der Waals surface area contributed by atoms with Gasteiger partial charge in [-0.3, -0.25) is 9.59 Å². The Balaban J connectivity index is 2.31. The zero-order valence-electron chi connectivity index (χ0n) is 7.20. The van der Waals surface area contributed by atoms with Crippen LogP contribution in [0.4, 0.5) is 4.39 Å². The maximum atomic E-state index is 12.8. The smallest absolute Gasteiger partial charge is 0.321 e. The van der Waals surface area contributed by atoms with Crippen LogP contribution in [0.1, 0.15) is 17.9 Å². The van der Waals surface area contributed by atoms with E-state index in [9.17, 15) is 14.0 Å². The molecule has 1 aliphatic rings. The number of carbonyl (C=O) groups excluding carboxylic acids is 2. The van der Waals surface area contributed by atoms with E-state index >= 15 is 0 Å². The second-order valence-electron chi connectivity index (χ2n) is 3.10. The summed E-state index contributed by atoms with van der Waals surface area (Å²) < 4.78 is 17.2. The number of esters is 2. The van der Waals surface area contributed by atoms with Crippen LogP contribution in [0.2, 0.25) is 0 Å². The van der Waals surface area contributed by atoms with Crippen molar-refractivity contribution in [3.63, 3.8) is 0 Å². The molecule has 1 saturated heterocycles. The summed E-state index contributed by atoms with van der Waals surface area (Å²) in [5.74, 6) is -2.21. The molecule has 0 aliphatic carbocycles. The molecule has 1 fully saturated rings. The van der Waals surface area contributed by atoms with E-state index in [0.29, 0.717) is 5.56 Å². The van der Waals surface area contributed by atoms with Crippen molar-refractivity contribution < 1.29 is 18.7 Å². The molecule has 14 heavy (non-hydrogen) atoms. The zero-order valence-corrected chi connectivity index (χ0v) is 7.20. The molecule has 0 bridgehead atoms. The van der Waals surface area contributed by atoms with E-state index in [2.05, 4.69) is 4.74 Å². The lowest BCUT2D eigenvalue weighted by Crippen LogP contribution is -2.05. The lowest BCUT2D eigenvalue weighted by molar-refractivity contribution is -0.152. The minimum atomic E-state index is -0.641. The van der Waals surface area contributed by atoms with Gasteiger partial charge in [0.05, 0.1) is 12.3 Å². The molecular weight excluding hydrogens is 187 g/mol. The number of rotatable bonds is 1. The fourth-order valence-electron chi connectivity index (χ4n) is 1.45. The van der Waals surface area contributed by atoms with Crippen molar-refractivity contribution in [2.24, 2.45) is 0 Å². The summed E-state index contributed by atoms with van der Waals surface area (Å²) in [5.41, 5.74) is 0.487. The second kappa shape index (κ2) is 3.21. The highest BCUT2D eigenvalue weighted by atomic mass is 19.1. The van der Waals surface area contributed by atoms with Gasteiger partial charge in [0.15, 0.2) is 0 Å². The van der Waals surface area contributed by atoms with E-state index in [0.717, 1.165) is 0 Å². The Morgan fingerprint density at radius 2 is 2.14 bits per heavy atom. The highest BCUT2D eigenvalue weighted by Crippen LogP contribution is 2.27. The van der Waals surface area contributed by atoms with Crippen molar-refractivity contribution in [3.05, 3.63) is 35.6 Å². The third-order valence-electron chi connectivity index (χ3n) is 2.12. The van der Waals surface area contributed by atoms with Crippen molar-refractivity contribution in [3.8, 4) is 0 Å². The molecule has 1 aliphatic heterocycles. The minimum Gasteiger partial charge on any atom is -0.393 e. The summed E-state index contributed by atoms with van der Waals surface area (Å²) in [5, 5.41) is 0. The van der Waals surface area contributed by atoms with Crippen molar-refractivity contribution in [2.75, 3.05) is 0 Å². The molecule has 1 aromatic carbocycles. The molecule has 0 radical (unpaired) electrons. The van der Waals surface area contributed by atoms with Crippen molar-refractivity contribution in [1.29, 1.82) is 0 Å². The number of halogens is 1. The third kappa shape index (κ3) is 1.51. The zero-order chi connectivity index (χ0) is 10.1. The molecule has 1 aromatic rings. The van der Waals surface area contributed by atoms with Crippen LogP contribution in [0.3, 0.4) is 0 Å². The molecule has 2 rings (SSSR count). The van der Waals surface area contributed by atoms with Gasteiger partial charge in [-0.05, 0) is 17.7 Å². The maximum absolute atomic E-state index is 12.8. The molecule has 1 atom stereocenters. The molecule has 0 spiro atoms. The van der Waals surface area contributed by atoms with Crippen LogP contribution >= 0.6 is 0 Å². The van der Waals surface area contributed by atoms with E-state index in [1.165, 1.54) is 18.2 Å². The molecular formula is C10H7FO3. The Hall–Kier alpha value is -1.71. The van der Waals surface area contributed by atoms with E-state index in [1.807, 2.05) is 0 Å². The summed E-state index contributed by atoms with van der Waals surface area (Å²) in [6.07, 6.45) is 0.00227. The molecule has 1 heterocycles. The van der Waals surface area contributed by atoms with Gasteiger partial charge >= 0.3 is 11.9 Å². The van der Waals surface area contributed by atoms with Gasteiger partial charge < -0.3 is 4.74 Å². The maximum Gasteiger partial charge on any atom is 0.321 e. The number of hydrogen-bond acceptors (Lipinski definition) is 3. The van der Waals surface area contributed by atoms with Gasteiger partial charge in [-0.15, -0.1) is 0 Å². The summed E-state index contributed by atoms with van der Waals surface area (Å²) in [7, 11) is 0. The molecule has 0 saturated carbocycles. The fourth-order valence-corrected chi connectivity index (χ4v) is 1.45. The number of benzene rings is 1. The second-order valence-corrected chi connectivity index (χ2v) is 3.10. The molecule has 0 unspecified atom stereocenters. The first-order chi connectivity index (χ1) is 6.66. The highest BCUT2D eigenvalue weighted by Gasteiger charge is 2.34. The van der Waals surface area contributed by atoms with Crippen molar-refractivity contribution in [2.45, 2.75) is 12.3 Å². The van der Waals surface area contributed by atoms with Crippen LogP contribution < -0.4 is 0 Å². The monoisotopic (exact) mass is 194 g/mol. The summed E-state index contributed by atoms with van der Waals surface area (Å²) in [6, 6.07) is 5.63. The fraction of sp³-hybridized carbons (Fsp3) is 0.200. The lowest BCUT2D eigenvalue weighted by atomic mass is 9.98. The first kappa shape index (κ1) is 8.87. The summed E-state index contributed by atoms with van der Waals surface area (Å²) >= 11 is 0.